The number of piperidine rings is 1. The second-order valence-electron chi connectivity index (χ2n) is 6.44. The Bertz CT molecular complexity index is 631. The highest BCUT2D eigenvalue weighted by Gasteiger charge is 2.10. The number of benzene rings is 2. The molecule has 0 aliphatic carbocycles. The summed E-state index contributed by atoms with van der Waals surface area (Å²) in [5.74, 6) is 0.0102. The Morgan fingerprint density at radius 1 is 0.917 bits per heavy atom. The van der Waals surface area contributed by atoms with E-state index in [9.17, 15) is 4.79 Å². The number of rotatable bonds is 6. The molecule has 24 heavy (non-hydrogen) atoms. The predicted molar refractivity (Wildman–Crippen MR) is 99.6 cm³/mol. The van der Waals surface area contributed by atoms with Crippen molar-refractivity contribution in [3.8, 4) is 0 Å². The minimum atomic E-state index is 0.0102. The van der Waals surface area contributed by atoms with E-state index in [1.807, 2.05) is 30.3 Å². The molecule has 126 valence electrons. The van der Waals surface area contributed by atoms with Crippen LogP contribution in [-0.2, 0) is 6.42 Å². The summed E-state index contributed by atoms with van der Waals surface area (Å²) in [4.78, 5) is 14.4. The van der Waals surface area contributed by atoms with Gasteiger partial charge in [0.05, 0.1) is 0 Å². The molecule has 1 fully saturated rings. The second kappa shape index (κ2) is 8.53. The third-order valence-electron chi connectivity index (χ3n) is 4.62. The van der Waals surface area contributed by atoms with Crippen LogP contribution in [0.15, 0.2) is 54.6 Å². The van der Waals surface area contributed by atoms with Crippen LogP contribution in [0, 0.1) is 0 Å². The molecule has 1 aliphatic heterocycles. The van der Waals surface area contributed by atoms with Gasteiger partial charge in [-0.3, -0.25) is 4.79 Å². The number of carbonyl (C=O) groups excluding carboxylic acids is 1. The van der Waals surface area contributed by atoms with Crippen molar-refractivity contribution in [2.45, 2.75) is 32.1 Å². The van der Waals surface area contributed by atoms with E-state index in [-0.39, 0.29) is 5.91 Å². The minimum Gasteiger partial charge on any atom is -0.372 e. The average molecular weight is 322 g/mol. The molecular weight excluding hydrogens is 296 g/mol. The third-order valence-corrected chi connectivity index (χ3v) is 4.62. The van der Waals surface area contributed by atoms with Gasteiger partial charge in [0, 0.05) is 30.9 Å². The summed E-state index contributed by atoms with van der Waals surface area (Å²) in [5, 5.41) is 2.99. The molecule has 1 N–H and O–H groups in total. The summed E-state index contributed by atoms with van der Waals surface area (Å²) < 4.78 is 0. The highest BCUT2D eigenvalue weighted by molar-refractivity contribution is 5.94. The maximum atomic E-state index is 12.0. The largest absolute Gasteiger partial charge is 0.372 e. The molecule has 0 unspecified atom stereocenters. The monoisotopic (exact) mass is 322 g/mol. The fourth-order valence-electron chi connectivity index (χ4n) is 3.21. The van der Waals surface area contributed by atoms with Crippen molar-refractivity contribution < 1.29 is 4.79 Å². The summed E-state index contributed by atoms with van der Waals surface area (Å²) in [6, 6.07) is 18.3. The van der Waals surface area contributed by atoms with Gasteiger partial charge in [-0.1, -0.05) is 30.3 Å². The molecular formula is C21H26N2O. The molecule has 3 nitrogen and oxygen atoms in total. The van der Waals surface area contributed by atoms with Gasteiger partial charge in [-0.2, -0.15) is 0 Å². The van der Waals surface area contributed by atoms with Gasteiger partial charge < -0.3 is 10.2 Å². The molecule has 0 aromatic heterocycles. The average Bonchev–Trinajstić information content (AvgIpc) is 2.67. The molecule has 1 heterocycles. The zero-order valence-corrected chi connectivity index (χ0v) is 14.2. The summed E-state index contributed by atoms with van der Waals surface area (Å²) in [7, 11) is 0. The van der Waals surface area contributed by atoms with E-state index < -0.39 is 0 Å². The molecule has 3 rings (SSSR count). The Kier molecular flexibility index (Phi) is 5.89. The lowest BCUT2D eigenvalue weighted by Crippen LogP contribution is -2.29. The molecule has 2 aromatic rings. The first-order chi connectivity index (χ1) is 11.8. The minimum absolute atomic E-state index is 0.0102. The van der Waals surface area contributed by atoms with E-state index in [0.29, 0.717) is 6.54 Å². The highest BCUT2D eigenvalue weighted by Crippen LogP contribution is 2.20. The number of hydrogen-bond acceptors (Lipinski definition) is 2. The van der Waals surface area contributed by atoms with Crippen molar-refractivity contribution >= 4 is 11.6 Å². The van der Waals surface area contributed by atoms with Crippen LogP contribution in [0.25, 0.3) is 0 Å². The van der Waals surface area contributed by atoms with Gasteiger partial charge in [-0.15, -0.1) is 0 Å². The first-order valence-electron chi connectivity index (χ1n) is 9.00. The maximum Gasteiger partial charge on any atom is 0.251 e. The predicted octanol–water partition coefficient (Wildman–Crippen LogP) is 4.04. The number of hydrogen-bond donors (Lipinski definition) is 1. The van der Waals surface area contributed by atoms with Gasteiger partial charge >= 0.3 is 0 Å². The van der Waals surface area contributed by atoms with Gasteiger partial charge in [-0.05, 0) is 61.9 Å². The fourth-order valence-corrected chi connectivity index (χ4v) is 3.21. The van der Waals surface area contributed by atoms with Crippen LogP contribution in [0.3, 0.4) is 0 Å². The molecule has 0 saturated carbocycles. The van der Waals surface area contributed by atoms with E-state index in [2.05, 4.69) is 34.5 Å². The van der Waals surface area contributed by atoms with Crippen molar-refractivity contribution in [3.05, 3.63) is 65.7 Å². The third kappa shape index (κ3) is 4.60. The quantitative estimate of drug-likeness (QED) is 0.814. The number of carbonyl (C=O) groups is 1. The topological polar surface area (TPSA) is 32.3 Å². The summed E-state index contributed by atoms with van der Waals surface area (Å²) in [6.07, 6.45) is 5.94. The first-order valence-corrected chi connectivity index (χ1v) is 9.00. The normalized spacial score (nSPS) is 14.4. The summed E-state index contributed by atoms with van der Waals surface area (Å²) >= 11 is 0. The Hall–Kier alpha value is -2.29. The van der Waals surface area contributed by atoms with Crippen LogP contribution in [-0.4, -0.2) is 25.5 Å². The number of aryl methyl sites for hydroxylation is 1. The van der Waals surface area contributed by atoms with Gasteiger partial charge in [0.25, 0.3) is 5.91 Å². The van der Waals surface area contributed by atoms with Crippen molar-refractivity contribution in [1.82, 2.24) is 5.32 Å². The van der Waals surface area contributed by atoms with Crippen molar-refractivity contribution in [1.29, 1.82) is 0 Å². The van der Waals surface area contributed by atoms with E-state index in [1.165, 1.54) is 43.6 Å². The standard InChI is InChI=1S/C21H26N2O/c24-21(19-9-3-1-4-10-19)22-15-7-8-18-11-13-20(14-12-18)23-16-5-2-6-17-23/h1,3-4,9-14H,2,5-8,15-17H2,(H,22,24). The van der Waals surface area contributed by atoms with Crippen molar-refractivity contribution in [2.75, 3.05) is 24.5 Å². The van der Waals surface area contributed by atoms with Crippen LogP contribution in [0.2, 0.25) is 0 Å². The van der Waals surface area contributed by atoms with Crippen LogP contribution in [0.4, 0.5) is 5.69 Å². The molecule has 1 saturated heterocycles. The van der Waals surface area contributed by atoms with E-state index in [4.69, 9.17) is 0 Å². The molecule has 0 spiro atoms. The lowest BCUT2D eigenvalue weighted by Gasteiger charge is -2.28. The fraction of sp³-hybridized carbons (Fsp3) is 0.381. The number of amides is 1. The Labute approximate surface area is 144 Å². The molecule has 1 amide bonds. The Morgan fingerprint density at radius 2 is 1.62 bits per heavy atom. The highest BCUT2D eigenvalue weighted by atomic mass is 16.1. The van der Waals surface area contributed by atoms with Crippen molar-refractivity contribution in [3.63, 3.8) is 0 Å². The van der Waals surface area contributed by atoms with E-state index >= 15 is 0 Å². The molecule has 1 aliphatic rings. The van der Waals surface area contributed by atoms with E-state index in [0.717, 1.165) is 18.4 Å². The van der Waals surface area contributed by atoms with Crippen LogP contribution < -0.4 is 10.2 Å². The zero-order chi connectivity index (χ0) is 16.6. The van der Waals surface area contributed by atoms with E-state index in [1.54, 1.807) is 0 Å². The van der Waals surface area contributed by atoms with Crippen molar-refractivity contribution in [2.24, 2.45) is 0 Å². The smallest absolute Gasteiger partial charge is 0.251 e. The Balaban J connectivity index is 1.41. The molecule has 3 heteroatoms. The van der Waals surface area contributed by atoms with Crippen LogP contribution in [0.1, 0.15) is 41.6 Å². The number of nitrogens with one attached hydrogen (secondary N) is 1. The molecule has 0 radical (unpaired) electrons. The summed E-state index contributed by atoms with van der Waals surface area (Å²) in [6.45, 7) is 3.08. The summed E-state index contributed by atoms with van der Waals surface area (Å²) in [5.41, 5.74) is 3.41. The lowest BCUT2D eigenvalue weighted by molar-refractivity contribution is 0.0953. The molecule has 0 bridgehead atoms. The lowest BCUT2D eigenvalue weighted by atomic mass is 10.1. The molecule has 2 aromatic carbocycles. The zero-order valence-electron chi connectivity index (χ0n) is 14.2. The van der Waals surface area contributed by atoms with Crippen LogP contribution in [0.5, 0.6) is 0 Å². The van der Waals surface area contributed by atoms with Gasteiger partial charge in [0.15, 0.2) is 0 Å². The number of anilines is 1. The second-order valence-corrected chi connectivity index (χ2v) is 6.44. The van der Waals surface area contributed by atoms with Gasteiger partial charge in [0.1, 0.15) is 0 Å². The SMILES string of the molecule is O=C(NCCCc1ccc(N2CCCCC2)cc1)c1ccccc1. The maximum absolute atomic E-state index is 12.0. The molecule has 0 atom stereocenters. The van der Waals surface area contributed by atoms with Crippen LogP contribution >= 0.6 is 0 Å². The number of nitrogens with zero attached hydrogens (tertiary/aromatic N) is 1. The van der Waals surface area contributed by atoms with Gasteiger partial charge in [0.2, 0.25) is 0 Å². The van der Waals surface area contributed by atoms with Gasteiger partial charge in [-0.25, -0.2) is 0 Å². The Morgan fingerprint density at radius 3 is 2.33 bits per heavy atom. The first kappa shape index (κ1) is 16.6.